The van der Waals surface area contributed by atoms with Crippen LogP contribution in [-0.2, 0) is 9.59 Å². The minimum atomic E-state index is -0.987. The molecule has 2 atom stereocenters. The summed E-state index contributed by atoms with van der Waals surface area (Å²) in [5.41, 5.74) is 5.52. The van der Waals surface area contributed by atoms with E-state index in [-0.39, 0.29) is 17.7 Å². The SMILES string of the molecule is CCC(NN[C@H](C(C)=O)C(C)C)C(=O)CF. The maximum absolute atomic E-state index is 12.2. The van der Waals surface area contributed by atoms with E-state index in [9.17, 15) is 14.0 Å². The number of halogens is 1. The Bertz CT molecular complexity index is 244. The standard InChI is InChI=1S/C11H21FN2O2/c1-5-9(10(16)6-12)13-14-11(7(2)3)8(4)15/h7,9,11,13-14H,5-6H2,1-4H3/t9?,11-/m0/s1. The molecule has 0 aromatic rings. The van der Waals surface area contributed by atoms with Crippen LogP contribution >= 0.6 is 0 Å². The van der Waals surface area contributed by atoms with E-state index in [1.54, 1.807) is 6.92 Å². The molecule has 0 aliphatic rings. The zero-order valence-electron chi connectivity index (χ0n) is 10.3. The number of hydrogen-bond donors (Lipinski definition) is 2. The first kappa shape index (κ1) is 15.2. The average Bonchev–Trinajstić information content (AvgIpc) is 2.22. The van der Waals surface area contributed by atoms with Gasteiger partial charge in [0.15, 0.2) is 5.78 Å². The highest BCUT2D eigenvalue weighted by molar-refractivity contribution is 5.85. The van der Waals surface area contributed by atoms with Crippen molar-refractivity contribution in [1.82, 2.24) is 10.9 Å². The molecule has 0 aromatic heterocycles. The third-order valence-electron chi connectivity index (χ3n) is 2.45. The summed E-state index contributed by atoms with van der Waals surface area (Å²) in [6.07, 6.45) is 0.485. The first-order chi connectivity index (χ1) is 7.43. The second-order valence-corrected chi connectivity index (χ2v) is 4.18. The minimum absolute atomic E-state index is 0.00921. The Balaban J connectivity index is 4.27. The van der Waals surface area contributed by atoms with Gasteiger partial charge in [-0.1, -0.05) is 20.8 Å². The number of alkyl halides is 1. The van der Waals surface area contributed by atoms with Gasteiger partial charge in [-0.3, -0.25) is 9.59 Å². The normalized spacial score (nSPS) is 14.9. The number of nitrogens with one attached hydrogen (secondary N) is 2. The van der Waals surface area contributed by atoms with Crippen LogP contribution < -0.4 is 10.9 Å². The number of carbonyl (C=O) groups is 2. The van der Waals surface area contributed by atoms with Gasteiger partial charge in [0, 0.05) is 0 Å². The monoisotopic (exact) mass is 232 g/mol. The molecule has 0 amide bonds. The maximum atomic E-state index is 12.2. The number of Topliss-reactive ketones (excluding diaryl/α,β-unsaturated/α-hetero) is 2. The summed E-state index contributed by atoms with van der Waals surface area (Å²) < 4.78 is 12.2. The molecule has 1 unspecified atom stereocenters. The number of hydrogen-bond acceptors (Lipinski definition) is 4. The summed E-state index contributed by atoms with van der Waals surface area (Å²) in [5.74, 6) is -0.394. The lowest BCUT2D eigenvalue weighted by molar-refractivity contribution is -0.124. The number of rotatable bonds is 8. The summed E-state index contributed by atoms with van der Waals surface area (Å²) in [6, 6.07) is -0.938. The molecule has 4 nitrogen and oxygen atoms in total. The highest BCUT2D eigenvalue weighted by atomic mass is 19.1. The molecular weight excluding hydrogens is 211 g/mol. The van der Waals surface area contributed by atoms with Crippen molar-refractivity contribution in [3.05, 3.63) is 0 Å². The van der Waals surface area contributed by atoms with Crippen LogP contribution in [0, 0.1) is 5.92 Å². The van der Waals surface area contributed by atoms with Gasteiger partial charge >= 0.3 is 0 Å². The zero-order chi connectivity index (χ0) is 12.7. The van der Waals surface area contributed by atoms with Crippen LogP contribution in [0.4, 0.5) is 4.39 Å². The molecule has 0 aliphatic heterocycles. The third kappa shape index (κ3) is 4.81. The maximum Gasteiger partial charge on any atom is 0.181 e. The molecule has 0 rings (SSSR count). The van der Waals surface area contributed by atoms with Gasteiger partial charge in [-0.2, -0.15) is 0 Å². The summed E-state index contributed by atoms with van der Waals surface area (Å²) in [4.78, 5) is 22.4. The highest BCUT2D eigenvalue weighted by Crippen LogP contribution is 2.02. The molecule has 0 radical (unpaired) electrons. The molecule has 0 fully saturated rings. The van der Waals surface area contributed by atoms with Crippen LogP contribution in [-0.4, -0.2) is 30.3 Å². The Hall–Kier alpha value is -0.810. The average molecular weight is 232 g/mol. The Morgan fingerprint density at radius 3 is 2.12 bits per heavy atom. The second-order valence-electron chi connectivity index (χ2n) is 4.18. The van der Waals surface area contributed by atoms with E-state index < -0.39 is 18.5 Å². The third-order valence-corrected chi connectivity index (χ3v) is 2.45. The lowest BCUT2D eigenvalue weighted by Gasteiger charge is -2.23. The topological polar surface area (TPSA) is 58.2 Å². The fraction of sp³-hybridized carbons (Fsp3) is 0.818. The lowest BCUT2D eigenvalue weighted by atomic mass is 10.0. The molecule has 0 bridgehead atoms. The molecule has 0 aromatic carbocycles. The molecule has 2 N–H and O–H groups in total. The van der Waals surface area contributed by atoms with E-state index in [1.807, 2.05) is 13.8 Å². The van der Waals surface area contributed by atoms with Gasteiger partial charge in [-0.05, 0) is 19.3 Å². The van der Waals surface area contributed by atoms with Gasteiger partial charge in [-0.25, -0.2) is 15.2 Å². The van der Waals surface area contributed by atoms with Gasteiger partial charge < -0.3 is 0 Å². The minimum Gasteiger partial charge on any atom is -0.298 e. The van der Waals surface area contributed by atoms with Crippen molar-refractivity contribution in [2.75, 3.05) is 6.67 Å². The predicted octanol–water partition coefficient (Wildman–Crippen LogP) is 1.01. The van der Waals surface area contributed by atoms with E-state index in [0.29, 0.717) is 6.42 Å². The number of hydrazine groups is 1. The first-order valence-electron chi connectivity index (χ1n) is 5.54. The summed E-state index contributed by atoms with van der Waals surface area (Å²) in [6.45, 7) is 6.08. The molecule has 0 spiro atoms. The molecule has 0 aliphatic carbocycles. The smallest absolute Gasteiger partial charge is 0.181 e. The molecule has 0 saturated heterocycles. The fourth-order valence-corrected chi connectivity index (χ4v) is 1.43. The molecule has 94 valence electrons. The van der Waals surface area contributed by atoms with Gasteiger partial charge in [0.2, 0.25) is 0 Å². The van der Waals surface area contributed by atoms with Crippen LogP contribution in [0.15, 0.2) is 0 Å². The van der Waals surface area contributed by atoms with E-state index in [0.717, 1.165) is 0 Å². The van der Waals surface area contributed by atoms with Crippen molar-refractivity contribution in [1.29, 1.82) is 0 Å². The van der Waals surface area contributed by atoms with Crippen molar-refractivity contribution in [3.8, 4) is 0 Å². The van der Waals surface area contributed by atoms with Gasteiger partial charge in [0.05, 0.1) is 12.1 Å². The Morgan fingerprint density at radius 1 is 1.25 bits per heavy atom. The fourth-order valence-electron chi connectivity index (χ4n) is 1.43. The summed E-state index contributed by atoms with van der Waals surface area (Å²) in [5, 5.41) is 0. The molecule has 5 heteroatoms. The second kappa shape index (κ2) is 7.46. The van der Waals surface area contributed by atoms with Crippen LogP contribution in [0.5, 0.6) is 0 Å². The van der Waals surface area contributed by atoms with Crippen molar-refractivity contribution < 1.29 is 14.0 Å². The predicted molar refractivity (Wildman–Crippen MR) is 60.6 cm³/mol. The van der Waals surface area contributed by atoms with Crippen LogP contribution in [0.3, 0.4) is 0 Å². The van der Waals surface area contributed by atoms with E-state index in [4.69, 9.17) is 0 Å². The number of ketones is 2. The highest BCUT2D eigenvalue weighted by Gasteiger charge is 2.21. The Labute approximate surface area is 95.9 Å². The largest absolute Gasteiger partial charge is 0.298 e. The van der Waals surface area contributed by atoms with E-state index >= 15 is 0 Å². The summed E-state index contributed by atoms with van der Waals surface area (Å²) in [7, 11) is 0. The van der Waals surface area contributed by atoms with E-state index in [1.165, 1.54) is 6.92 Å². The van der Waals surface area contributed by atoms with Crippen LogP contribution in [0.2, 0.25) is 0 Å². The van der Waals surface area contributed by atoms with E-state index in [2.05, 4.69) is 10.9 Å². The molecular formula is C11H21FN2O2. The quantitative estimate of drug-likeness (QED) is 0.613. The van der Waals surface area contributed by atoms with Gasteiger partial charge in [0.1, 0.15) is 12.5 Å². The van der Waals surface area contributed by atoms with Crippen molar-refractivity contribution in [2.45, 2.75) is 46.2 Å². The van der Waals surface area contributed by atoms with Gasteiger partial charge in [-0.15, -0.1) is 0 Å². The molecule has 0 saturated carbocycles. The zero-order valence-corrected chi connectivity index (χ0v) is 10.3. The van der Waals surface area contributed by atoms with Crippen molar-refractivity contribution in [2.24, 2.45) is 5.92 Å². The Kier molecular flexibility index (Phi) is 7.08. The van der Waals surface area contributed by atoms with Crippen molar-refractivity contribution >= 4 is 11.6 Å². The van der Waals surface area contributed by atoms with Gasteiger partial charge in [0.25, 0.3) is 0 Å². The van der Waals surface area contributed by atoms with Crippen LogP contribution in [0.1, 0.15) is 34.1 Å². The number of carbonyl (C=O) groups excluding carboxylic acids is 2. The molecule has 0 heterocycles. The lowest BCUT2D eigenvalue weighted by Crippen LogP contribution is -2.53. The van der Waals surface area contributed by atoms with Crippen LogP contribution in [0.25, 0.3) is 0 Å². The van der Waals surface area contributed by atoms with Crippen molar-refractivity contribution in [3.63, 3.8) is 0 Å². The Morgan fingerprint density at radius 2 is 1.81 bits per heavy atom. The first-order valence-corrected chi connectivity index (χ1v) is 5.54. The summed E-state index contributed by atoms with van der Waals surface area (Å²) >= 11 is 0. The molecule has 16 heavy (non-hydrogen) atoms.